The van der Waals surface area contributed by atoms with Gasteiger partial charge >= 0.3 is 6.18 Å². The van der Waals surface area contributed by atoms with Crippen molar-refractivity contribution >= 4 is 11.5 Å². The zero-order chi connectivity index (χ0) is 10.9. The molecule has 0 fully saturated rings. The Kier molecular flexibility index (Phi) is 2.51. The van der Waals surface area contributed by atoms with E-state index in [2.05, 4.69) is 0 Å². The molecule has 0 saturated heterocycles. The number of nitrogen functional groups attached to an aromatic ring is 1. The Morgan fingerprint density at radius 3 is 2.29 bits per heavy atom. The number of nitrogens with two attached hydrogens (primary N) is 1. The number of benzene rings is 1. The van der Waals surface area contributed by atoms with Crippen LogP contribution in [0.1, 0.15) is 15.9 Å². The lowest BCUT2D eigenvalue weighted by molar-refractivity contribution is -0.137. The van der Waals surface area contributed by atoms with E-state index >= 15 is 0 Å². The molecule has 1 aromatic carbocycles. The van der Waals surface area contributed by atoms with Crippen LogP contribution in [-0.2, 0) is 6.18 Å². The monoisotopic (exact) mass is 201 g/mol. The average molecular weight is 201 g/mol. The predicted octanol–water partition coefficient (Wildman–Crippen LogP) is 2.18. The Bertz CT molecular complexity index is 371. The van der Waals surface area contributed by atoms with Crippen molar-refractivity contribution in [3.05, 3.63) is 36.2 Å². The molecule has 0 aliphatic heterocycles. The summed E-state index contributed by atoms with van der Waals surface area (Å²) in [5.41, 5.74) is 3.81. The van der Waals surface area contributed by atoms with E-state index in [4.69, 9.17) is 12.7 Å². The number of anilines is 1. The van der Waals surface area contributed by atoms with E-state index < -0.39 is 17.5 Å². The second-order valence-corrected chi connectivity index (χ2v) is 2.71. The number of hydrogen-bond acceptors (Lipinski definition) is 2. The van der Waals surface area contributed by atoms with E-state index in [-0.39, 0.29) is 11.3 Å². The zero-order valence-corrected chi connectivity index (χ0v) is 6.93. The van der Waals surface area contributed by atoms with Gasteiger partial charge in [-0.1, -0.05) is 0 Å². The highest BCUT2D eigenvalue weighted by molar-refractivity contribution is 6.00. The number of rotatable bonds is 1. The molecule has 0 heterocycles. The van der Waals surface area contributed by atoms with Crippen molar-refractivity contribution in [2.24, 2.45) is 0 Å². The number of carbonyl (C=O) groups is 1. The molecule has 14 heavy (non-hydrogen) atoms. The van der Waals surface area contributed by atoms with Crippen LogP contribution < -0.4 is 5.73 Å². The van der Waals surface area contributed by atoms with Crippen molar-refractivity contribution in [2.75, 3.05) is 5.73 Å². The summed E-state index contributed by atoms with van der Waals surface area (Å²) in [4.78, 5) is 10.6. The Hall–Kier alpha value is -1.52. The predicted molar refractivity (Wildman–Crippen MR) is 44.5 cm³/mol. The van der Waals surface area contributed by atoms with Crippen LogP contribution in [0.4, 0.5) is 18.9 Å². The molecule has 74 valence electrons. The van der Waals surface area contributed by atoms with Gasteiger partial charge < -0.3 is 5.73 Å². The SMILES string of the molecule is [CH]C(=O)c1cc(N)cc(C(F)(F)F)c1. The van der Waals surface area contributed by atoms with Gasteiger partial charge in [-0.15, -0.1) is 0 Å². The normalized spacial score (nSPS) is 11.4. The molecule has 0 aromatic heterocycles. The molecule has 0 saturated carbocycles. The van der Waals surface area contributed by atoms with Gasteiger partial charge in [0.2, 0.25) is 0 Å². The molecule has 0 bridgehead atoms. The second-order valence-electron chi connectivity index (χ2n) is 2.71. The molecule has 2 radical (unpaired) electrons. The van der Waals surface area contributed by atoms with Crippen molar-refractivity contribution in [3.8, 4) is 0 Å². The molecule has 1 rings (SSSR count). The topological polar surface area (TPSA) is 43.1 Å². The maximum atomic E-state index is 12.2. The van der Waals surface area contributed by atoms with Crippen LogP contribution in [0.5, 0.6) is 0 Å². The van der Waals surface area contributed by atoms with E-state index in [0.29, 0.717) is 6.07 Å². The molecule has 0 amide bonds. The fraction of sp³-hybridized carbons (Fsp3) is 0.111. The minimum Gasteiger partial charge on any atom is -0.399 e. The molecule has 5 heteroatoms. The minimum absolute atomic E-state index is 0.145. The van der Waals surface area contributed by atoms with Crippen LogP contribution in [-0.4, -0.2) is 5.78 Å². The van der Waals surface area contributed by atoms with Gasteiger partial charge in [0, 0.05) is 18.2 Å². The number of Topliss-reactive ketones (excluding diaryl/α,β-unsaturated/α-hetero) is 1. The third-order valence-corrected chi connectivity index (χ3v) is 1.57. The van der Waals surface area contributed by atoms with Crippen molar-refractivity contribution in [1.82, 2.24) is 0 Å². The molecule has 2 N–H and O–H groups in total. The van der Waals surface area contributed by atoms with Gasteiger partial charge in [-0.05, 0) is 18.2 Å². The largest absolute Gasteiger partial charge is 0.416 e. The summed E-state index contributed by atoms with van der Waals surface area (Å²) >= 11 is 0. The lowest BCUT2D eigenvalue weighted by atomic mass is 10.1. The molecule has 0 aliphatic carbocycles. The molecular weight excluding hydrogens is 195 g/mol. The first-order chi connectivity index (χ1) is 6.30. The van der Waals surface area contributed by atoms with Gasteiger partial charge in [0.15, 0.2) is 5.78 Å². The van der Waals surface area contributed by atoms with Crippen molar-refractivity contribution in [2.45, 2.75) is 6.18 Å². The van der Waals surface area contributed by atoms with Crippen LogP contribution in [0, 0.1) is 6.92 Å². The molecule has 0 spiro atoms. The minimum atomic E-state index is -4.53. The van der Waals surface area contributed by atoms with E-state index in [1.807, 2.05) is 0 Å². The second kappa shape index (κ2) is 3.32. The first-order valence-corrected chi connectivity index (χ1v) is 3.58. The number of alkyl halides is 3. The van der Waals surface area contributed by atoms with Crippen molar-refractivity contribution < 1.29 is 18.0 Å². The lowest BCUT2D eigenvalue weighted by Gasteiger charge is -2.08. The lowest BCUT2D eigenvalue weighted by Crippen LogP contribution is -2.08. The smallest absolute Gasteiger partial charge is 0.399 e. The summed E-state index contributed by atoms with van der Waals surface area (Å²) in [5.74, 6) is -0.942. The standard InChI is InChI=1S/C9H6F3NO/c1-5(14)6-2-7(9(10,11)12)4-8(13)3-6/h1-4H,13H2. The highest BCUT2D eigenvalue weighted by atomic mass is 19.4. The summed E-state index contributed by atoms with van der Waals surface area (Å²) < 4.78 is 36.6. The molecule has 2 nitrogen and oxygen atoms in total. The number of hydrogen-bond donors (Lipinski definition) is 1. The highest BCUT2D eigenvalue weighted by Crippen LogP contribution is 2.31. The molecule has 0 aliphatic rings. The summed E-state index contributed by atoms with van der Waals surface area (Å²) in [5, 5.41) is 0. The van der Waals surface area contributed by atoms with Gasteiger partial charge in [0.1, 0.15) is 0 Å². The van der Waals surface area contributed by atoms with Crippen LogP contribution in [0.25, 0.3) is 0 Å². The molecule has 1 aromatic rings. The van der Waals surface area contributed by atoms with Gasteiger partial charge in [-0.25, -0.2) is 0 Å². The Morgan fingerprint density at radius 1 is 1.29 bits per heavy atom. The van der Waals surface area contributed by atoms with Crippen LogP contribution in [0.3, 0.4) is 0 Å². The van der Waals surface area contributed by atoms with E-state index in [0.717, 1.165) is 12.1 Å². The van der Waals surface area contributed by atoms with Gasteiger partial charge in [0.25, 0.3) is 0 Å². The summed E-state index contributed by atoms with van der Waals surface area (Å²) in [6, 6.07) is 2.50. The Morgan fingerprint density at radius 2 is 1.86 bits per heavy atom. The third-order valence-electron chi connectivity index (χ3n) is 1.57. The van der Waals surface area contributed by atoms with Crippen LogP contribution in [0.15, 0.2) is 18.2 Å². The summed E-state index contributed by atoms with van der Waals surface area (Å²) in [6.45, 7) is 4.83. The van der Waals surface area contributed by atoms with E-state index in [9.17, 15) is 18.0 Å². The van der Waals surface area contributed by atoms with Gasteiger partial charge in [0.05, 0.1) is 5.56 Å². The zero-order valence-electron chi connectivity index (χ0n) is 6.93. The maximum Gasteiger partial charge on any atom is 0.416 e. The van der Waals surface area contributed by atoms with E-state index in [1.165, 1.54) is 0 Å². The molecule has 0 atom stereocenters. The Labute approximate surface area is 78.5 Å². The quantitative estimate of drug-likeness (QED) is 0.559. The first-order valence-electron chi connectivity index (χ1n) is 3.58. The molecular formula is C9H6F3NO. The fourth-order valence-corrected chi connectivity index (χ4v) is 0.958. The van der Waals surface area contributed by atoms with E-state index in [1.54, 1.807) is 0 Å². The molecule has 0 unspecified atom stereocenters. The van der Waals surface area contributed by atoms with Gasteiger partial charge in [-0.2, -0.15) is 13.2 Å². The maximum absolute atomic E-state index is 12.2. The van der Waals surface area contributed by atoms with Crippen molar-refractivity contribution in [1.29, 1.82) is 0 Å². The number of ketones is 1. The first kappa shape index (κ1) is 10.6. The Balaban J connectivity index is 3.28. The third kappa shape index (κ3) is 2.25. The van der Waals surface area contributed by atoms with Crippen LogP contribution >= 0.6 is 0 Å². The van der Waals surface area contributed by atoms with Crippen molar-refractivity contribution in [3.63, 3.8) is 0 Å². The van der Waals surface area contributed by atoms with Gasteiger partial charge in [-0.3, -0.25) is 4.79 Å². The number of halogens is 3. The number of carbonyl (C=O) groups excluding carboxylic acids is 1. The summed E-state index contributed by atoms with van der Waals surface area (Å²) in [7, 11) is 0. The fourth-order valence-electron chi connectivity index (χ4n) is 0.958. The van der Waals surface area contributed by atoms with Crippen LogP contribution in [0.2, 0.25) is 0 Å². The summed E-state index contributed by atoms with van der Waals surface area (Å²) in [6.07, 6.45) is -4.53. The average Bonchev–Trinajstić information content (AvgIpc) is 2.01. The highest BCUT2D eigenvalue weighted by Gasteiger charge is 2.31.